The summed E-state index contributed by atoms with van der Waals surface area (Å²) < 4.78 is 27.4. The van der Waals surface area contributed by atoms with Gasteiger partial charge in [0.25, 0.3) is 5.92 Å². The smallest absolute Gasteiger partial charge is 0.339 e. The van der Waals surface area contributed by atoms with Gasteiger partial charge in [-0.25, -0.2) is 18.6 Å². The predicted molar refractivity (Wildman–Crippen MR) is 83.3 cm³/mol. The van der Waals surface area contributed by atoms with Crippen LogP contribution in [0.15, 0.2) is 6.07 Å². The third-order valence-electron chi connectivity index (χ3n) is 5.08. The number of hydrogen-bond donors (Lipinski definition) is 1. The van der Waals surface area contributed by atoms with E-state index < -0.39 is 17.8 Å². The van der Waals surface area contributed by atoms with E-state index in [9.17, 15) is 18.7 Å². The molecular formula is C17H22F2N2O2. The third-order valence-corrected chi connectivity index (χ3v) is 5.08. The van der Waals surface area contributed by atoms with Gasteiger partial charge in [0.2, 0.25) is 0 Å². The number of carboxylic acid groups (broad SMARTS) is 1. The Morgan fingerprint density at radius 3 is 2.83 bits per heavy atom. The molecule has 2 heterocycles. The first-order chi connectivity index (χ1) is 10.8. The number of anilines is 1. The monoisotopic (exact) mass is 324 g/mol. The Bertz CT molecular complexity index is 633. The van der Waals surface area contributed by atoms with Crippen molar-refractivity contribution in [2.75, 3.05) is 18.0 Å². The van der Waals surface area contributed by atoms with Crippen molar-refractivity contribution in [1.82, 2.24) is 4.98 Å². The number of carbonyl (C=O) groups is 1. The van der Waals surface area contributed by atoms with Crippen molar-refractivity contribution in [3.63, 3.8) is 0 Å². The van der Waals surface area contributed by atoms with Gasteiger partial charge >= 0.3 is 5.97 Å². The summed E-state index contributed by atoms with van der Waals surface area (Å²) >= 11 is 0. The zero-order chi connectivity index (χ0) is 16.8. The third kappa shape index (κ3) is 3.03. The van der Waals surface area contributed by atoms with Crippen LogP contribution in [0.25, 0.3) is 0 Å². The normalized spacial score (nSPS) is 26.7. The predicted octanol–water partition coefficient (Wildman–Crippen LogP) is 3.39. The van der Waals surface area contributed by atoms with Crippen LogP contribution in [0.2, 0.25) is 0 Å². The molecule has 6 heteroatoms. The van der Waals surface area contributed by atoms with Crippen LogP contribution in [0.3, 0.4) is 0 Å². The van der Waals surface area contributed by atoms with Crippen molar-refractivity contribution in [2.45, 2.75) is 45.5 Å². The minimum absolute atomic E-state index is 0.134. The quantitative estimate of drug-likeness (QED) is 0.906. The largest absolute Gasteiger partial charge is 0.478 e. The lowest BCUT2D eigenvalue weighted by Gasteiger charge is -2.38. The molecule has 2 atom stereocenters. The summed E-state index contributed by atoms with van der Waals surface area (Å²) in [4.78, 5) is 17.9. The molecule has 4 nitrogen and oxygen atoms in total. The minimum Gasteiger partial charge on any atom is -0.478 e. The first-order valence-electron chi connectivity index (χ1n) is 8.17. The number of fused-ring (bicyclic) bond motifs is 1. The van der Waals surface area contributed by atoms with Gasteiger partial charge in [-0.15, -0.1) is 0 Å². The Hall–Kier alpha value is -1.72. The van der Waals surface area contributed by atoms with Gasteiger partial charge in [-0.2, -0.15) is 0 Å². The van der Waals surface area contributed by atoms with E-state index in [4.69, 9.17) is 0 Å². The van der Waals surface area contributed by atoms with Gasteiger partial charge < -0.3 is 10.0 Å². The van der Waals surface area contributed by atoms with Crippen LogP contribution >= 0.6 is 0 Å². The number of alkyl halides is 2. The topological polar surface area (TPSA) is 53.4 Å². The van der Waals surface area contributed by atoms with Crippen LogP contribution in [0, 0.1) is 11.8 Å². The van der Waals surface area contributed by atoms with E-state index in [1.807, 2.05) is 0 Å². The van der Waals surface area contributed by atoms with E-state index in [-0.39, 0.29) is 25.1 Å². The van der Waals surface area contributed by atoms with E-state index in [2.05, 4.69) is 11.9 Å². The number of hydrogen-bond acceptors (Lipinski definition) is 3. The van der Waals surface area contributed by atoms with Crippen LogP contribution in [-0.2, 0) is 12.8 Å². The molecule has 23 heavy (non-hydrogen) atoms. The number of halogens is 2. The molecule has 0 spiro atoms. The molecule has 3 rings (SSSR count). The highest BCUT2D eigenvalue weighted by molar-refractivity contribution is 5.93. The summed E-state index contributed by atoms with van der Waals surface area (Å²) in [6.07, 6.45) is 2.42. The van der Waals surface area contributed by atoms with Gasteiger partial charge in [0.1, 0.15) is 11.4 Å². The van der Waals surface area contributed by atoms with Crippen molar-refractivity contribution in [3.8, 4) is 0 Å². The van der Waals surface area contributed by atoms with Gasteiger partial charge in [0, 0.05) is 31.1 Å². The average Bonchev–Trinajstić information content (AvgIpc) is 2.48. The van der Waals surface area contributed by atoms with Crippen molar-refractivity contribution in [2.24, 2.45) is 11.8 Å². The maximum atomic E-state index is 13.7. The maximum Gasteiger partial charge on any atom is 0.339 e. The summed E-state index contributed by atoms with van der Waals surface area (Å²) in [5, 5.41) is 9.50. The first kappa shape index (κ1) is 16.1. The fraction of sp³-hybridized carbons (Fsp3) is 0.647. The number of rotatable bonds is 2. The Morgan fingerprint density at radius 1 is 1.43 bits per heavy atom. The minimum atomic E-state index is -2.69. The second-order valence-corrected chi connectivity index (χ2v) is 6.98. The molecule has 0 bridgehead atoms. The summed E-state index contributed by atoms with van der Waals surface area (Å²) in [6.45, 7) is 3.93. The molecule has 1 aromatic rings. The molecule has 0 aromatic carbocycles. The van der Waals surface area contributed by atoms with Gasteiger partial charge in [-0.1, -0.05) is 13.8 Å². The van der Waals surface area contributed by atoms with Gasteiger partial charge in [0.15, 0.2) is 0 Å². The number of aromatic carboxylic acids is 1. The number of aryl methyl sites for hydroxylation is 1. The van der Waals surface area contributed by atoms with E-state index in [1.54, 1.807) is 11.0 Å². The number of carboxylic acids is 1. The molecular weight excluding hydrogens is 302 g/mol. The molecule has 1 N–H and O–H groups in total. The van der Waals surface area contributed by atoms with Crippen molar-refractivity contribution in [1.29, 1.82) is 0 Å². The molecule has 1 aromatic heterocycles. The highest BCUT2D eigenvalue weighted by atomic mass is 19.3. The summed E-state index contributed by atoms with van der Waals surface area (Å²) in [5.74, 6) is -3.67. The lowest BCUT2D eigenvalue weighted by molar-refractivity contribution is -0.0652. The molecule has 0 amide bonds. The van der Waals surface area contributed by atoms with Crippen LogP contribution in [-0.4, -0.2) is 35.1 Å². The molecule has 0 radical (unpaired) electrons. The summed E-state index contributed by atoms with van der Waals surface area (Å²) in [5.41, 5.74) is 2.05. The number of aromatic nitrogens is 1. The second kappa shape index (κ2) is 5.73. The Labute approximate surface area is 134 Å². The fourth-order valence-electron chi connectivity index (χ4n) is 3.49. The average molecular weight is 324 g/mol. The van der Waals surface area contributed by atoms with Gasteiger partial charge in [-0.3, -0.25) is 0 Å². The SMILES string of the molecule is CC1CCc2cc(C(=O)O)c(N3CCC(F)(F)C(C)C3)nc2C1. The lowest BCUT2D eigenvalue weighted by atomic mass is 9.87. The van der Waals surface area contributed by atoms with E-state index in [0.29, 0.717) is 11.7 Å². The molecule has 1 saturated heterocycles. The van der Waals surface area contributed by atoms with Crippen molar-refractivity contribution < 1.29 is 18.7 Å². The van der Waals surface area contributed by atoms with Crippen LogP contribution in [0.5, 0.6) is 0 Å². The van der Waals surface area contributed by atoms with Gasteiger partial charge in [0.05, 0.1) is 0 Å². The highest BCUT2D eigenvalue weighted by Gasteiger charge is 2.42. The molecule has 1 aliphatic heterocycles. The number of pyridine rings is 1. The zero-order valence-electron chi connectivity index (χ0n) is 13.5. The fourth-order valence-corrected chi connectivity index (χ4v) is 3.49. The standard InChI is InChI=1S/C17H22F2N2O2/c1-10-3-4-12-8-13(16(22)23)15(20-14(12)7-10)21-6-5-17(18,19)11(2)9-21/h8,10-11H,3-7,9H2,1-2H3,(H,22,23). The van der Waals surface area contributed by atoms with Crippen molar-refractivity contribution >= 4 is 11.8 Å². The first-order valence-corrected chi connectivity index (χ1v) is 8.17. The van der Waals surface area contributed by atoms with E-state index in [0.717, 1.165) is 30.5 Å². The molecule has 2 aliphatic rings. The van der Waals surface area contributed by atoms with E-state index in [1.165, 1.54) is 6.92 Å². The summed E-state index contributed by atoms with van der Waals surface area (Å²) in [7, 11) is 0. The van der Waals surface area contributed by atoms with Crippen molar-refractivity contribution in [3.05, 3.63) is 22.9 Å². The second-order valence-electron chi connectivity index (χ2n) is 6.98. The molecule has 126 valence electrons. The van der Waals surface area contributed by atoms with Gasteiger partial charge in [-0.05, 0) is 36.8 Å². The Morgan fingerprint density at radius 2 is 2.17 bits per heavy atom. The molecule has 0 saturated carbocycles. The van der Waals surface area contributed by atoms with E-state index >= 15 is 0 Å². The summed E-state index contributed by atoms with van der Waals surface area (Å²) in [6, 6.07) is 1.70. The van der Waals surface area contributed by atoms with Crippen LogP contribution in [0.1, 0.15) is 48.3 Å². The zero-order valence-corrected chi connectivity index (χ0v) is 13.5. The molecule has 2 unspecified atom stereocenters. The highest BCUT2D eigenvalue weighted by Crippen LogP contribution is 2.36. The van der Waals surface area contributed by atoms with Crippen LogP contribution < -0.4 is 4.90 Å². The molecule has 1 fully saturated rings. The Kier molecular flexibility index (Phi) is 4.02. The Balaban J connectivity index is 1.97. The maximum absolute atomic E-state index is 13.7. The number of nitrogens with zero attached hydrogens (tertiary/aromatic N) is 2. The number of piperidine rings is 1. The lowest BCUT2D eigenvalue weighted by Crippen LogP contribution is -2.46. The van der Waals surface area contributed by atoms with Crippen LogP contribution in [0.4, 0.5) is 14.6 Å². The molecule has 1 aliphatic carbocycles.